The number of nitrogens with zero attached hydrogens (tertiary/aromatic N) is 2. The highest BCUT2D eigenvalue weighted by molar-refractivity contribution is 6.31. The zero-order chi connectivity index (χ0) is 12.3. The van der Waals surface area contributed by atoms with E-state index in [4.69, 9.17) is 22.0 Å². The van der Waals surface area contributed by atoms with Crippen molar-refractivity contribution in [3.05, 3.63) is 38.9 Å². The summed E-state index contributed by atoms with van der Waals surface area (Å²) in [5, 5.41) is 37.7. The Balaban J connectivity index is 3.31. The van der Waals surface area contributed by atoms with Crippen LogP contribution in [0.25, 0.3) is 0 Å². The number of nitro benzene ring substituents is 1. The lowest BCUT2D eigenvalue weighted by Crippen LogP contribution is -2.17. The summed E-state index contributed by atoms with van der Waals surface area (Å²) >= 11 is 5.68. The van der Waals surface area contributed by atoms with Gasteiger partial charge in [-0.3, -0.25) is 10.1 Å². The quantitative estimate of drug-likeness (QED) is 0.470. The highest BCUT2D eigenvalue weighted by atomic mass is 35.5. The van der Waals surface area contributed by atoms with Crippen LogP contribution in [-0.2, 0) is 0 Å². The van der Waals surface area contributed by atoms with E-state index in [1.807, 2.05) is 0 Å². The maximum atomic E-state index is 10.7. The summed E-state index contributed by atoms with van der Waals surface area (Å²) in [5.74, 6) is 0. The van der Waals surface area contributed by atoms with E-state index in [2.05, 4.69) is 0 Å². The van der Waals surface area contributed by atoms with Gasteiger partial charge in [-0.1, -0.05) is 17.7 Å². The van der Waals surface area contributed by atoms with E-state index in [0.29, 0.717) is 0 Å². The van der Waals surface area contributed by atoms with Crippen molar-refractivity contribution in [3.63, 3.8) is 0 Å². The van der Waals surface area contributed by atoms with Crippen LogP contribution in [0.1, 0.15) is 11.7 Å². The average Bonchev–Trinajstić information content (AvgIpc) is 2.26. The standard InChI is InChI=1S/C9H7ClN2O4/c10-5-2-1-3-6(12(15)16)8(5)9(14)7(13)4-11/h1-3,7,9,13-14H. The van der Waals surface area contributed by atoms with E-state index in [1.165, 1.54) is 18.2 Å². The van der Waals surface area contributed by atoms with Crippen molar-refractivity contribution in [1.82, 2.24) is 0 Å². The van der Waals surface area contributed by atoms with Crippen LogP contribution < -0.4 is 0 Å². The Morgan fingerprint density at radius 1 is 1.50 bits per heavy atom. The van der Waals surface area contributed by atoms with Crippen molar-refractivity contribution in [2.75, 3.05) is 0 Å². The van der Waals surface area contributed by atoms with E-state index in [-0.39, 0.29) is 10.6 Å². The monoisotopic (exact) mass is 242 g/mol. The maximum absolute atomic E-state index is 10.7. The number of nitriles is 1. The molecule has 0 aliphatic rings. The first-order valence-electron chi connectivity index (χ1n) is 4.17. The van der Waals surface area contributed by atoms with Crippen molar-refractivity contribution < 1.29 is 15.1 Å². The molecule has 0 saturated carbocycles. The van der Waals surface area contributed by atoms with Crippen LogP contribution in [0.4, 0.5) is 5.69 Å². The first-order valence-corrected chi connectivity index (χ1v) is 4.55. The summed E-state index contributed by atoms with van der Waals surface area (Å²) in [5.41, 5.74) is -0.697. The van der Waals surface area contributed by atoms with Crippen LogP contribution in [0, 0.1) is 21.4 Å². The SMILES string of the molecule is N#CC(O)C(O)c1c(Cl)cccc1[N+](=O)[O-]. The van der Waals surface area contributed by atoms with E-state index < -0.39 is 22.8 Å². The zero-order valence-corrected chi connectivity index (χ0v) is 8.63. The topological polar surface area (TPSA) is 107 Å². The minimum atomic E-state index is -1.77. The number of hydrogen-bond acceptors (Lipinski definition) is 5. The van der Waals surface area contributed by atoms with E-state index in [9.17, 15) is 15.2 Å². The van der Waals surface area contributed by atoms with Crippen molar-refractivity contribution in [2.24, 2.45) is 0 Å². The fourth-order valence-corrected chi connectivity index (χ4v) is 1.49. The van der Waals surface area contributed by atoms with E-state index in [0.717, 1.165) is 6.07 Å². The Kier molecular flexibility index (Phi) is 3.79. The maximum Gasteiger partial charge on any atom is 0.276 e. The molecule has 0 heterocycles. The number of rotatable bonds is 3. The predicted molar refractivity (Wildman–Crippen MR) is 54.7 cm³/mol. The number of benzene rings is 1. The van der Waals surface area contributed by atoms with Gasteiger partial charge in [0.05, 0.1) is 21.6 Å². The Bertz CT molecular complexity index is 457. The van der Waals surface area contributed by atoms with Gasteiger partial charge in [0, 0.05) is 6.07 Å². The molecule has 1 aromatic carbocycles. The third-order valence-corrected chi connectivity index (χ3v) is 2.28. The van der Waals surface area contributed by atoms with Gasteiger partial charge in [0.15, 0.2) is 6.10 Å². The Labute approximate surface area is 95.5 Å². The summed E-state index contributed by atoms with van der Waals surface area (Å²) in [4.78, 5) is 9.92. The summed E-state index contributed by atoms with van der Waals surface area (Å²) in [7, 11) is 0. The second-order valence-electron chi connectivity index (χ2n) is 2.95. The lowest BCUT2D eigenvalue weighted by atomic mass is 10.0. The summed E-state index contributed by atoms with van der Waals surface area (Å²) < 4.78 is 0. The van der Waals surface area contributed by atoms with Crippen LogP contribution in [0.3, 0.4) is 0 Å². The van der Waals surface area contributed by atoms with Gasteiger partial charge in [-0.05, 0) is 6.07 Å². The minimum Gasteiger partial charge on any atom is -0.384 e. The number of halogens is 1. The number of hydrogen-bond donors (Lipinski definition) is 2. The van der Waals surface area contributed by atoms with E-state index >= 15 is 0 Å². The van der Waals surface area contributed by atoms with Gasteiger partial charge in [-0.2, -0.15) is 5.26 Å². The highest BCUT2D eigenvalue weighted by Crippen LogP contribution is 2.33. The fraction of sp³-hybridized carbons (Fsp3) is 0.222. The van der Waals surface area contributed by atoms with Gasteiger partial charge in [-0.15, -0.1) is 0 Å². The number of aliphatic hydroxyl groups is 2. The van der Waals surface area contributed by atoms with E-state index in [1.54, 1.807) is 0 Å². The van der Waals surface area contributed by atoms with Crippen LogP contribution in [0.2, 0.25) is 5.02 Å². The van der Waals surface area contributed by atoms with Crippen LogP contribution >= 0.6 is 11.6 Å². The molecule has 2 N–H and O–H groups in total. The summed E-state index contributed by atoms with van der Waals surface area (Å²) in [6.45, 7) is 0. The molecule has 0 saturated heterocycles. The summed E-state index contributed by atoms with van der Waals surface area (Å²) in [6.07, 6.45) is -3.47. The smallest absolute Gasteiger partial charge is 0.276 e. The van der Waals surface area contributed by atoms with Gasteiger partial charge < -0.3 is 10.2 Å². The molecule has 2 unspecified atom stereocenters. The Hall–Kier alpha value is -1.68. The van der Waals surface area contributed by atoms with Crippen LogP contribution in [0.15, 0.2) is 18.2 Å². The van der Waals surface area contributed by atoms with Gasteiger partial charge in [0.2, 0.25) is 0 Å². The molecule has 0 spiro atoms. The summed E-state index contributed by atoms with van der Waals surface area (Å²) in [6, 6.07) is 5.19. The fourth-order valence-electron chi connectivity index (χ4n) is 1.21. The van der Waals surface area contributed by atoms with Gasteiger partial charge in [0.25, 0.3) is 5.69 Å². The molecule has 0 aliphatic heterocycles. The molecular formula is C9H7ClN2O4. The van der Waals surface area contributed by atoms with Crippen molar-refractivity contribution in [2.45, 2.75) is 12.2 Å². The molecule has 7 heteroatoms. The van der Waals surface area contributed by atoms with Crippen LogP contribution in [-0.4, -0.2) is 21.2 Å². The second-order valence-corrected chi connectivity index (χ2v) is 3.36. The molecule has 0 aromatic heterocycles. The lowest BCUT2D eigenvalue weighted by Gasteiger charge is -2.13. The molecular weight excluding hydrogens is 236 g/mol. The lowest BCUT2D eigenvalue weighted by molar-refractivity contribution is -0.386. The molecule has 84 valence electrons. The molecule has 0 aliphatic carbocycles. The first kappa shape index (κ1) is 12.4. The Morgan fingerprint density at radius 3 is 2.62 bits per heavy atom. The average molecular weight is 243 g/mol. The van der Waals surface area contributed by atoms with Crippen molar-refractivity contribution >= 4 is 17.3 Å². The molecule has 0 bridgehead atoms. The third-order valence-electron chi connectivity index (χ3n) is 1.95. The number of aliphatic hydroxyl groups excluding tert-OH is 2. The minimum absolute atomic E-state index is 0.0731. The molecule has 16 heavy (non-hydrogen) atoms. The molecule has 1 aromatic rings. The van der Waals surface area contributed by atoms with Crippen molar-refractivity contribution in [3.8, 4) is 6.07 Å². The molecule has 2 atom stereocenters. The molecule has 6 nitrogen and oxygen atoms in total. The van der Waals surface area contributed by atoms with Gasteiger partial charge in [-0.25, -0.2) is 0 Å². The predicted octanol–water partition coefficient (Wildman–Crippen LogP) is 1.17. The molecule has 0 fully saturated rings. The second kappa shape index (κ2) is 4.90. The zero-order valence-electron chi connectivity index (χ0n) is 7.87. The van der Waals surface area contributed by atoms with Gasteiger partial charge in [0.1, 0.15) is 6.10 Å². The first-order chi connectivity index (χ1) is 7.49. The normalized spacial score (nSPS) is 13.9. The Morgan fingerprint density at radius 2 is 2.12 bits per heavy atom. The molecule has 0 amide bonds. The highest BCUT2D eigenvalue weighted by Gasteiger charge is 2.28. The van der Waals surface area contributed by atoms with Crippen LogP contribution in [0.5, 0.6) is 0 Å². The third kappa shape index (κ3) is 2.28. The van der Waals surface area contributed by atoms with Gasteiger partial charge >= 0.3 is 0 Å². The largest absolute Gasteiger partial charge is 0.384 e. The molecule has 0 radical (unpaired) electrons. The molecule has 1 rings (SSSR count). The van der Waals surface area contributed by atoms with Crippen molar-refractivity contribution in [1.29, 1.82) is 5.26 Å². The number of nitro groups is 1.